The van der Waals surface area contributed by atoms with Crippen LogP contribution in [0.25, 0.3) is 5.69 Å². The van der Waals surface area contributed by atoms with E-state index in [0.29, 0.717) is 18.1 Å². The van der Waals surface area contributed by atoms with E-state index < -0.39 is 0 Å². The van der Waals surface area contributed by atoms with Gasteiger partial charge in [-0.1, -0.05) is 63.6 Å². The second kappa shape index (κ2) is 10.3. The first-order valence-corrected chi connectivity index (χ1v) is 11.3. The van der Waals surface area contributed by atoms with E-state index in [1.165, 1.54) is 4.90 Å². The zero-order chi connectivity index (χ0) is 24.0. The highest BCUT2D eigenvalue weighted by Gasteiger charge is 2.23. The molecule has 3 aromatic rings. The molecule has 1 aromatic heterocycles. The molecule has 3 rings (SSSR count). The van der Waals surface area contributed by atoms with E-state index in [1.807, 2.05) is 74.5 Å². The lowest BCUT2D eigenvalue weighted by Gasteiger charge is -2.22. The Morgan fingerprint density at radius 2 is 1.67 bits per heavy atom. The highest BCUT2D eigenvalue weighted by atomic mass is 16.2. The number of aromatic nitrogens is 2. The molecule has 1 heterocycles. The predicted molar refractivity (Wildman–Crippen MR) is 133 cm³/mol. The van der Waals surface area contributed by atoms with Gasteiger partial charge < -0.3 is 15.5 Å². The van der Waals surface area contributed by atoms with Gasteiger partial charge in [-0.05, 0) is 37.6 Å². The van der Waals surface area contributed by atoms with E-state index in [4.69, 9.17) is 5.10 Å². The standard InChI is InChI=1S/C26H33N5O2/c1-6-16-30(25(33)27-20-10-8-7-9-11-20)18-24(32)28-23-17-22(26(3,4)5)29-31(23)21-14-12-19(2)13-15-21/h7-15,17H,6,16,18H2,1-5H3,(H,27,33)(H,28,32). The molecule has 2 aromatic carbocycles. The summed E-state index contributed by atoms with van der Waals surface area (Å²) in [6, 6.07) is 18.8. The van der Waals surface area contributed by atoms with Crippen molar-refractivity contribution in [1.82, 2.24) is 14.7 Å². The van der Waals surface area contributed by atoms with Gasteiger partial charge in [-0.3, -0.25) is 4.79 Å². The first-order valence-electron chi connectivity index (χ1n) is 11.3. The van der Waals surface area contributed by atoms with Crippen molar-refractivity contribution < 1.29 is 9.59 Å². The Bertz CT molecular complexity index is 1080. The van der Waals surface area contributed by atoms with Gasteiger partial charge in [-0.2, -0.15) is 5.10 Å². The monoisotopic (exact) mass is 447 g/mol. The minimum atomic E-state index is -0.305. The summed E-state index contributed by atoms with van der Waals surface area (Å²) in [5, 5.41) is 10.6. The van der Waals surface area contributed by atoms with Crippen LogP contribution in [0.15, 0.2) is 60.7 Å². The largest absolute Gasteiger partial charge is 0.322 e. The van der Waals surface area contributed by atoms with Crippen molar-refractivity contribution in [2.45, 2.75) is 46.5 Å². The summed E-state index contributed by atoms with van der Waals surface area (Å²) in [5.41, 5.74) is 3.38. The van der Waals surface area contributed by atoms with Crippen molar-refractivity contribution in [3.05, 3.63) is 71.9 Å². The summed E-state index contributed by atoms with van der Waals surface area (Å²) in [4.78, 5) is 27.3. The number of carbonyl (C=O) groups is 2. The number of nitrogens with one attached hydrogen (secondary N) is 2. The maximum absolute atomic E-state index is 13.0. The molecule has 7 nitrogen and oxygen atoms in total. The van der Waals surface area contributed by atoms with Crippen molar-refractivity contribution in [3.8, 4) is 5.69 Å². The lowest BCUT2D eigenvalue weighted by Crippen LogP contribution is -2.41. The summed E-state index contributed by atoms with van der Waals surface area (Å²) in [6.45, 7) is 10.7. The van der Waals surface area contributed by atoms with Gasteiger partial charge in [0.15, 0.2) is 0 Å². The van der Waals surface area contributed by atoms with Crippen molar-refractivity contribution in [2.75, 3.05) is 23.7 Å². The molecule has 3 amide bonds. The van der Waals surface area contributed by atoms with Gasteiger partial charge in [0.1, 0.15) is 12.4 Å². The molecule has 33 heavy (non-hydrogen) atoms. The molecule has 0 saturated carbocycles. The van der Waals surface area contributed by atoms with Crippen LogP contribution in [0.4, 0.5) is 16.3 Å². The number of nitrogens with zero attached hydrogens (tertiary/aromatic N) is 3. The maximum Gasteiger partial charge on any atom is 0.322 e. The third kappa shape index (κ3) is 6.44. The van der Waals surface area contributed by atoms with E-state index in [2.05, 4.69) is 31.4 Å². The Morgan fingerprint density at radius 3 is 2.27 bits per heavy atom. The molecule has 2 N–H and O–H groups in total. The van der Waals surface area contributed by atoms with E-state index in [9.17, 15) is 9.59 Å². The second-order valence-electron chi connectivity index (χ2n) is 9.18. The fraction of sp³-hybridized carbons (Fsp3) is 0.346. The summed E-state index contributed by atoms with van der Waals surface area (Å²) >= 11 is 0. The Hall–Kier alpha value is -3.61. The minimum absolute atomic E-state index is 0.0591. The van der Waals surface area contributed by atoms with E-state index >= 15 is 0 Å². The van der Waals surface area contributed by atoms with Crippen molar-refractivity contribution >= 4 is 23.4 Å². The average molecular weight is 448 g/mol. The number of hydrogen-bond donors (Lipinski definition) is 2. The van der Waals surface area contributed by atoms with Crippen LogP contribution in [0.2, 0.25) is 0 Å². The normalized spacial score (nSPS) is 11.2. The van der Waals surface area contributed by atoms with Gasteiger partial charge >= 0.3 is 6.03 Å². The highest BCUT2D eigenvalue weighted by Crippen LogP contribution is 2.26. The number of urea groups is 1. The van der Waals surface area contributed by atoms with Crippen LogP contribution in [0.1, 0.15) is 45.4 Å². The topological polar surface area (TPSA) is 79.3 Å². The molecular formula is C26H33N5O2. The van der Waals surface area contributed by atoms with E-state index in [-0.39, 0.29) is 23.9 Å². The van der Waals surface area contributed by atoms with Crippen LogP contribution in [0, 0.1) is 6.92 Å². The molecule has 0 atom stereocenters. The summed E-state index contributed by atoms with van der Waals surface area (Å²) in [7, 11) is 0. The minimum Gasteiger partial charge on any atom is -0.315 e. The number of hydrogen-bond acceptors (Lipinski definition) is 3. The molecule has 174 valence electrons. The van der Waals surface area contributed by atoms with E-state index in [1.54, 1.807) is 4.68 Å². The zero-order valence-corrected chi connectivity index (χ0v) is 20.1. The first-order chi connectivity index (χ1) is 15.7. The van der Waals surface area contributed by atoms with Crippen LogP contribution >= 0.6 is 0 Å². The highest BCUT2D eigenvalue weighted by molar-refractivity contribution is 5.96. The van der Waals surface area contributed by atoms with Crippen LogP contribution < -0.4 is 10.6 Å². The number of para-hydroxylation sites is 1. The summed E-state index contributed by atoms with van der Waals surface area (Å²) < 4.78 is 1.74. The van der Waals surface area contributed by atoms with Gasteiger partial charge in [0.2, 0.25) is 5.91 Å². The molecule has 0 unspecified atom stereocenters. The maximum atomic E-state index is 13.0. The predicted octanol–water partition coefficient (Wildman–Crippen LogP) is 5.36. The zero-order valence-electron chi connectivity index (χ0n) is 20.1. The summed E-state index contributed by atoms with van der Waals surface area (Å²) in [5.74, 6) is 0.300. The molecule has 0 bridgehead atoms. The molecule has 0 aliphatic rings. The molecule has 0 saturated heterocycles. The second-order valence-corrected chi connectivity index (χ2v) is 9.18. The van der Waals surface area contributed by atoms with E-state index in [0.717, 1.165) is 23.4 Å². The van der Waals surface area contributed by atoms with Crippen molar-refractivity contribution in [1.29, 1.82) is 0 Å². The third-order valence-electron chi connectivity index (χ3n) is 5.16. The lowest BCUT2D eigenvalue weighted by molar-refractivity contribution is -0.116. The van der Waals surface area contributed by atoms with Gasteiger partial charge in [-0.15, -0.1) is 0 Å². The number of benzene rings is 2. The van der Waals surface area contributed by atoms with Gasteiger partial charge in [0.05, 0.1) is 11.4 Å². The number of rotatable bonds is 7. The SMILES string of the molecule is CCCN(CC(=O)Nc1cc(C(C)(C)C)nn1-c1ccc(C)cc1)C(=O)Nc1ccccc1. The van der Waals surface area contributed by atoms with Crippen molar-refractivity contribution in [3.63, 3.8) is 0 Å². The fourth-order valence-electron chi connectivity index (χ4n) is 3.32. The number of anilines is 2. The molecule has 0 fully saturated rings. The quantitative estimate of drug-likeness (QED) is 0.512. The van der Waals surface area contributed by atoms with Gasteiger partial charge in [0.25, 0.3) is 0 Å². The Morgan fingerprint density at radius 1 is 1.00 bits per heavy atom. The van der Waals surface area contributed by atoms with Gasteiger partial charge in [-0.25, -0.2) is 9.48 Å². The van der Waals surface area contributed by atoms with Crippen LogP contribution in [0.5, 0.6) is 0 Å². The number of amides is 3. The number of carbonyl (C=O) groups excluding carboxylic acids is 2. The molecule has 7 heteroatoms. The Balaban J connectivity index is 1.79. The van der Waals surface area contributed by atoms with Crippen molar-refractivity contribution in [2.24, 2.45) is 0 Å². The smallest absolute Gasteiger partial charge is 0.315 e. The molecule has 0 radical (unpaired) electrons. The third-order valence-corrected chi connectivity index (χ3v) is 5.16. The molecular weight excluding hydrogens is 414 g/mol. The molecule has 0 aliphatic carbocycles. The summed E-state index contributed by atoms with van der Waals surface area (Å²) in [6.07, 6.45) is 0.741. The Labute approximate surface area is 195 Å². The molecule has 0 aliphatic heterocycles. The van der Waals surface area contributed by atoms with Gasteiger partial charge in [0, 0.05) is 23.7 Å². The van der Waals surface area contributed by atoms with Crippen LogP contribution in [-0.4, -0.2) is 39.7 Å². The first kappa shape index (κ1) is 24.0. The van der Waals surface area contributed by atoms with Crippen LogP contribution in [-0.2, 0) is 10.2 Å². The average Bonchev–Trinajstić information content (AvgIpc) is 3.19. The lowest BCUT2D eigenvalue weighted by atomic mass is 9.92. The fourth-order valence-corrected chi connectivity index (χ4v) is 3.32. The van der Waals surface area contributed by atoms with Crippen LogP contribution in [0.3, 0.4) is 0 Å². The Kier molecular flexibility index (Phi) is 7.53. The number of aryl methyl sites for hydroxylation is 1. The molecule has 0 spiro atoms.